The van der Waals surface area contributed by atoms with E-state index in [0.717, 1.165) is 0 Å². The van der Waals surface area contributed by atoms with Gasteiger partial charge in [-0.15, -0.1) is 0 Å². The number of esters is 1. The molecule has 0 aliphatic rings. The van der Waals surface area contributed by atoms with Crippen LogP contribution in [0.4, 0.5) is 0 Å². The van der Waals surface area contributed by atoms with Crippen molar-refractivity contribution in [3.8, 4) is 0 Å². The average molecular weight is 258 g/mol. The van der Waals surface area contributed by atoms with Crippen molar-refractivity contribution in [2.45, 2.75) is 40.2 Å². The van der Waals surface area contributed by atoms with Crippen LogP contribution in [-0.4, -0.2) is 30.4 Å². The minimum atomic E-state index is -0.848. The molecule has 0 aliphatic carbocycles. The van der Waals surface area contributed by atoms with Crippen molar-refractivity contribution in [2.24, 2.45) is 17.6 Å². The molecule has 0 aromatic heterocycles. The van der Waals surface area contributed by atoms with Crippen LogP contribution in [0.3, 0.4) is 0 Å². The maximum absolute atomic E-state index is 11.5. The van der Waals surface area contributed by atoms with Crippen LogP contribution in [0, 0.1) is 11.8 Å². The van der Waals surface area contributed by atoms with Gasteiger partial charge in [0.1, 0.15) is 6.04 Å². The molecule has 2 atom stereocenters. The quantitative estimate of drug-likeness (QED) is 0.637. The summed E-state index contributed by atoms with van der Waals surface area (Å²) in [5, 5.41) is 2.52. The molecule has 3 N–H and O–H groups in total. The predicted octanol–water partition coefficient (Wildman–Crippen LogP) is 0.202. The van der Waals surface area contributed by atoms with E-state index in [9.17, 15) is 14.4 Å². The maximum atomic E-state index is 11.5. The van der Waals surface area contributed by atoms with Crippen molar-refractivity contribution in [3.63, 3.8) is 0 Å². The van der Waals surface area contributed by atoms with Crippen molar-refractivity contribution >= 4 is 17.8 Å². The van der Waals surface area contributed by atoms with Crippen LogP contribution in [0.2, 0.25) is 0 Å². The second-order valence-electron chi connectivity index (χ2n) is 4.51. The second kappa shape index (κ2) is 7.68. The van der Waals surface area contributed by atoms with Gasteiger partial charge in [0.2, 0.25) is 11.8 Å². The van der Waals surface area contributed by atoms with Crippen LogP contribution in [0.15, 0.2) is 0 Å². The van der Waals surface area contributed by atoms with Gasteiger partial charge in [-0.1, -0.05) is 20.8 Å². The number of nitrogens with one attached hydrogen (secondary N) is 1. The Labute approximate surface area is 107 Å². The van der Waals surface area contributed by atoms with E-state index in [2.05, 4.69) is 5.32 Å². The predicted molar refractivity (Wildman–Crippen MR) is 66.4 cm³/mol. The Morgan fingerprint density at radius 1 is 1.22 bits per heavy atom. The molecule has 104 valence electrons. The number of amides is 2. The van der Waals surface area contributed by atoms with Gasteiger partial charge < -0.3 is 15.8 Å². The number of carbonyl (C=O) groups excluding carboxylic acids is 3. The SMILES string of the molecule is CCOC(=O)[C@H](C)C[C@@H](NC(=O)C(C)C)C(N)=O. The summed E-state index contributed by atoms with van der Waals surface area (Å²) in [7, 11) is 0. The van der Waals surface area contributed by atoms with Gasteiger partial charge in [0.15, 0.2) is 0 Å². The standard InChI is InChI=1S/C12H22N2O4/c1-5-18-12(17)8(4)6-9(10(13)15)14-11(16)7(2)3/h7-9H,5-6H2,1-4H3,(H2,13,15)(H,14,16)/t8-,9-/m1/s1. The molecule has 18 heavy (non-hydrogen) atoms. The molecule has 0 fully saturated rings. The van der Waals surface area contributed by atoms with Crippen molar-refractivity contribution in [3.05, 3.63) is 0 Å². The van der Waals surface area contributed by atoms with E-state index in [0.29, 0.717) is 0 Å². The van der Waals surface area contributed by atoms with Gasteiger partial charge in [0.05, 0.1) is 12.5 Å². The number of ether oxygens (including phenoxy) is 1. The highest BCUT2D eigenvalue weighted by atomic mass is 16.5. The topological polar surface area (TPSA) is 98.5 Å². The van der Waals surface area contributed by atoms with Gasteiger partial charge in [-0.25, -0.2) is 0 Å². The fraction of sp³-hybridized carbons (Fsp3) is 0.750. The lowest BCUT2D eigenvalue weighted by atomic mass is 10.0. The van der Waals surface area contributed by atoms with Crippen LogP contribution >= 0.6 is 0 Å². The third-order valence-electron chi connectivity index (χ3n) is 2.46. The molecule has 2 amide bonds. The molecule has 0 radical (unpaired) electrons. The van der Waals surface area contributed by atoms with E-state index in [-0.39, 0.29) is 24.9 Å². The van der Waals surface area contributed by atoms with Crippen molar-refractivity contribution in [1.29, 1.82) is 0 Å². The fourth-order valence-corrected chi connectivity index (χ4v) is 1.32. The molecule has 0 aromatic carbocycles. The number of hydrogen-bond acceptors (Lipinski definition) is 4. The van der Waals surface area contributed by atoms with Crippen LogP contribution in [0.5, 0.6) is 0 Å². The Balaban J connectivity index is 4.49. The smallest absolute Gasteiger partial charge is 0.308 e. The molecule has 0 unspecified atom stereocenters. The molecule has 0 aliphatic heterocycles. The summed E-state index contributed by atoms with van der Waals surface area (Å²) >= 11 is 0. The molecule has 0 aromatic rings. The van der Waals surface area contributed by atoms with Crippen LogP contribution < -0.4 is 11.1 Å². The van der Waals surface area contributed by atoms with Crippen molar-refractivity contribution in [1.82, 2.24) is 5.32 Å². The van der Waals surface area contributed by atoms with Gasteiger partial charge in [0.25, 0.3) is 0 Å². The Morgan fingerprint density at radius 2 is 1.78 bits per heavy atom. The van der Waals surface area contributed by atoms with E-state index >= 15 is 0 Å². The lowest BCUT2D eigenvalue weighted by Crippen LogP contribution is -2.47. The molecule has 0 saturated carbocycles. The highest BCUT2D eigenvalue weighted by Gasteiger charge is 2.25. The summed E-state index contributed by atoms with van der Waals surface area (Å²) in [5.41, 5.74) is 5.20. The summed E-state index contributed by atoms with van der Waals surface area (Å²) in [6.07, 6.45) is 0.145. The highest BCUT2D eigenvalue weighted by Crippen LogP contribution is 2.09. The zero-order valence-electron chi connectivity index (χ0n) is 11.4. The lowest BCUT2D eigenvalue weighted by molar-refractivity contribution is -0.148. The summed E-state index contributed by atoms with van der Waals surface area (Å²) in [6, 6.07) is -0.848. The molecular formula is C12H22N2O4. The summed E-state index contributed by atoms with van der Waals surface area (Å²) in [6.45, 7) is 7.04. The molecule has 0 heterocycles. The average Bonchev–Trinajstić information content (AvgIpc) is 2.27. The van der Waals surface area contributed by atoms with Crippen LogP contribution in [0.1, 0.15) is 34.1 Å². The van der Waals surface area contributed by atoms with Gasteiger partial charge in [-0.05, 0) is 13.3 Å². The maximum Gasteiger partial charge on any atom is 0.308 e. The van der Waals surface area contributed by atoms with Crippen molar-refractivity contribution in [2.75, 3.05) is 6.61 Å². The number of hydrogen-bond donors (Lipinski definition) is 2. The Bertz CT molecular complexity index is 315. The molecular weight excluding hydrogens is 236 g/mol. The Hall–Kier alpha value is -1.59. The first-order valence-electron chi connectivity index (χ1n) is 6.05. The third-order valence-corrected chi connectivity index (χ3v) is 2.46. The third kappa shape index (κ3) is 5.65. The van der Waals surface area contributed by atoms with E-state index in [1.807, 2.05) is 0 Å². The Morgan fingerprint density at radius 3 is 2.17 bits per heavy atom. The number of rotatable bonds is 7. The monoisotopic (exact) mass is 258 g/mol. The van der Waals surface area contributed by atoms with Crippen molar-refractivity contribution < 1.29 is 19.1 Å². The van der Waals surface area contributed by atoms with E-state index in [1.54, 1.807) is 27.7 Å². The fourth-order valence-electron chi connectivity index (χ4n) is 1.32. The largest absolute Gasteiger partial charge is 0.466 e. The Kier molecular flexibility index (Phi) is 7.00. The molecule has 0 bridgehead atoms. The molecule has 0 saturated heterocycles. The molecule has 0 rings (SSSR count). The van der Waals surface area contributed by atoms with Gasteiger partial charge in [0, 0.05) is 5.92 Å². The first-order chi connectivity index (χ1) is 8.29. The highest BCUT2D eigenvalue weighted by molar-refractivity contribution is 5.87. The minimum Gasteiger partial charge on any atom is -0.466 e. The van der Waals surface area contributed by atoms with Crippen LogP contribution in [0.25, 0.3) is 0 Å². The summed E-state index contributed by atoms with van der Waals surface area (Å²) < 4.78 is 4.83. The molecule has 0 spiro atoms. The summed E-state index contributed by atoms with van der Waals surface area (Å²) in [5.74, 6) is -2.06. The van der Waals surface area contributed by atoms with E-state index in [4.69, 9.17) is 10.5 Å². The van der Waals surface area contributed by atoms with Gasteiger partial charge >= 0.3 is 5.97 Å². The molecule has 6 nitrogen and oxygen atoms in total. The first kappa shape index (κ1) is 16.4. The molecule has 6 heteroatoms. The van der Waals surface area contributed by atoms with E-state index in [1.165, 1.54) is 0 Å². The zero-order valence-corrected chi connectivity index (χ0v) is 11.4. The van der Waals surface area contributed by atoms with Gasteiger partial charge in [-0.3, -0.25) is 14.4 Å². The zero-order chi connectivity index (χ0) is 14.3. The first-order valence-corrected chi connectivity index (χ1v) is 6.05. The number of primary amides is 1. The number of carbonyl (C=O) groups is 3. The van der Waals surface area contributed by atoms with E-state index < -0.39 is 23.8 Å². The van der Waals surface area contributed by atoms with Crippen LogP contribution in [-0.2, 0) is 19.1 Å². The second-order valence-corrected chi connectivity index (χ2v) is 4.51. The summed E-state index contributed by atoms with van der Waals surface area (Å²) in [4.78, 5) is 34.2. The minimum absolute atomic E-state index is 0.145. The lowest BCUT2D eigenvalue weighted by Gasteiger charge is -2.19. The number of nitrogens with two attached hydrogens (primary N) is 1. The normalized spacial score (nSPS) is 13.8. The van der Waals surface area contributed by atoms with Gasteiger partial charge in [-0.2, -0.15) is 0 Å².